The van der Waals surface area contributed by atoms with Crippen molar-refractivity contribution in [3.8, 4) is 5.69 Å². The molecule has 29 heavy (non-hydrogen) atoms. The van der Waals surface area contributed by atoms with Crippen LogP contribution < -0.4 is 5.32 Å². The third-order valence-electron chi connectivity index (χ3n) is 4.61. The minimum atomic E-state index is -1.22. The number of H-pyrrole nitrogens is 1. The van der Waals surface area contributed by atoms with Crippen molar-refractivity contribution in [3.05, 3.63) is 35.1 Å². The molecule has 3 rings (SSSR count). The summed E-state index contributed by atoms with van der Waals surface area (Å²) in [5.41, 5.74) is 1.36. The number of aromatic amines is 1. The molecule has 1 aliphatic heterocycles. The van der Waals surface area contributed by atoms with E-state index in [9.17, 15) is 14.7 Å². The first-order valence-electron chi connectivity index (χ1n) is 9.44. The van der Waals surface area contributed by atoms with E-state index in [-0.39, 0.29) is 30.9 Å². The number of nitrogens with zero attached hydrogens (tertiary/aromatic N) is 3. The van der Waals surface area contributed by atoms with E-state index in [0.29, 0.717) is 11.4 Å². The number of hydrogen-bond donors (Lipinski definition) is 3. The van der Waals surface area contributed by atoms with Gasteiger partial charge in [-0.1, -0.05) is 32.4 Å². The molecule has 0 aliphatic carbocycles. The number of aliphatic hydroxyl groups excluding tert-OH is 1. The second-order valence-electron chi connectivity index (χ2n) is 8.29. The van der Waals surface area contributed by atoms with E-state index in [0.717, 1.165) is 16.3 Å². The van der Waals surface area contributed by atoms with Gasteiger partial charge in [-0.05, 0) is 35.6 Å². The molecule has 1 aromatic carbocycles. The Labute approximate surface area is 173 Å². The molecule has 158 valence electrons. The molecule has 9 nitrogen and oxygen atoms in total. The Morgan fingerprint density at radius 1 is 1.45 bits per heavy atom. The fourth-order valence-electron chi connectivity index (χ4n) is 3.20. The van der Waals surface area contributed by atoms with Crippen molar-refractivity contribution >= 4 is 23.4 Å². The third kappa shape index (κ3) is 5.17. The van der Waals surface area contributed by atoms with Crippen LogP contribution in [-0.4, -0.2) is 55.7 Å². The molecule has 0 spiro atoms. The number of aliphatic hydroxyl groups is 1. The Bertz CT molecular complexity index is 863. The topological polar surface area (TPSA) is 112 Å². The summed E-state index contributed by atoms with van der Waals surface area (Å²) < 4.78 is 1.70. The second kappa shape index (κ2) is 8.56. The van der Waals surface area contributed by atoms with Gasteiger partial charge in [-0.2, -0.15) is 0 Å². The molecule has 0 bridgehead atoms. The summed E-state index contributed by atoms with van der Waals surface area (Å²) in [7, 11) is 0. The predicted octanol–water partition coefficient (Wildman–Crippen LogP) is 1.80. The van der Waals surface area contributed by atoms with E-state index in [2.05, 4.69) is 15.6 Å². The van der Waals surface area contributed by atoms with Crippen LogP contribution in [0.1, 0.15) is 39.2 Å². The predicted molar refractivity (Wildman–Crippen MR) is 106 cm³/mol. The zero-order chi connectivity index (χ0) is 21.2. The lowest BCUT2D eigenvalue weighted by Gasteiger charge is -2.27. The van der Waals surface area contributed by atoms with Crippen molar-refractivity contribution in [3.63, 3.8) is 0 Å². The van der Waals surface area contributed by atoms with Crippen molar-refractivity contribution in [1.29, 1.82) is 0 Å². The maximum absolute atomic E-state index is 12.7. The summed E-state index contributed by atoms with van der Waals surface area (Å²) in [5.74, 6) is -0.947. The summed E-state index contributed by atoms with van der Waals surface area (Å²) in [6, 6.07) is 4.53. The average molecular weight is 424 g/mol. The highest BCUT2D eigenvalue weighted by Gasteiger charge is 2.39. The quantitative estimate of drug-likeness (QED) is 0.655. The van der Waals surface area contributed by atoms with E-state index in [1.807, 2.05) is 26.8 Å². The second-order valence-corrected chi connectivity index (χ2v) is 8.72. The lowest BCUT2D eigenvalue weighted by Crippen LogP contribution is -2.49. The lowest BCUT2D eigenvalue weighted by molar-refractivity contribution is -0.188. The Hall–Kier alpha value is -2.36. The van der Waals surface area contributed by atoms with E-state index in [1.54, 1.807) is 23.1 Å². The first kappa shape index (κ1) is 21.4. The van der Waals surface area contributed by atoms with Crippen LogP contribution in [0.3, 0.4) is 0 Å². The highest BCUT2D eigenvalue weighted by molar-refractivity contribution is 6.30. The molecule has 2 aromatic rings. The minimum absolute atomic E-state index is 0.212. The fourth-order valence-corrected chi connectivity index (χ4v) is 3.40. The highest BCUT2D eigenvalue weighted by Crippen LogP contribution is 2.24. The summed E-state index contributed by atoms with van der Waals surface area (Å²) in [5, 5.41) is 21.2. The zero-order valence-electron chi connectivity index (χ0n) is 16.7. The first-order chi connectivity index (χ1) is 13.7. The molecule has 1 unspecified atom stereocenters. The molecule has 1 aromatic heterocycles. The molecule has 1 fully saturated rings. The number of halogens is 1. The molecule has 10 heteroatoms. The van der Waals surface area contributed by atoms with Gasteiger partial charge in [0.2, 0.25) is 5.91 Å². The lowest BCUT2D eigenvalue weighted by atomic mass is 9.89. The van der Waals surface area contributed by atoms with Gasteiger partial charge in [0.1, 0.15) is 18.5 Å². The SMILES string of the molecule is CC(C)(C)CC(O)C(=O)N1OCC[C@H]1C(=O)NCc1cc(Cl)ccc1-n1cn[nH]1. The van der Waals surface area contributed by atoms with Crippen LogP contribution in [0.25, 0.3) is 5.69 Å². The van der Waals surface area contributed by atoms with Crippen molar-refractivity contribution < 1.29 is 19.5 Å². The van der Waals surface area contributed by atoms with Crippen molar-refractivity contribution in [2.45, 2.75) is 52.3 Å². The number of benzene rings is 1. The largest absolute Gasteiger partial charge is 0.383 e. The van der Waals surface area contributed by atoms with Crippen molar-refractivity contribution in [2.24, 2.45) is 5.41 Å². The molecule has 0 saturated carbocycles. The van der Waals surface area contributed by atoms with Gasteiger partial charge in [-0.15, -0.1) is 5.10 Å². The van der Waals surface area contributed by atoms with Gasteiger partial charge in [0.15, 0.2) is 0 Å². The van der Waals surface area contributed by atoms with Gasteiger partial charge in [0.25, 0.3) is 5.91 Å². The van der Waals surface area contributed by atoms with Gasteiger partial charge in [-0.3, -0.25) is 14.4 Å². The van der Waals surface area contributed by atoms with E-state index in [1.165, 1.54) is 0 Å². The number of hydrogen-bond acceptors (Lipinski definition) is 5. The van der Waals surface area contributed by atoms with Crippen LogP contribution in [0.2, 0.25) is 5.02 Å². The van der Waals surface area contributed by atoms with Crippen molar-refractivity contribution in [1.82, 2.24) is 25.4 Å². The maximum atomic E-state index is 12.7. The normalized spacial score (nSPS) is 18.1. The minimum Gasteiger partial charge on any atom is -0.383 e. The number of rotatable bonds is 6. The summed E-state index contributed by atoms with van der Waals surface area (Å²) in [4.78, 5) is 30.7. The van der Waals surface area contributed by atoms with Crippen LogP contribution in [-0.2, 0) is 21.0 Å². The smallest absolute Gasteiger partial charge is 0.275 e. The molecule has 0 radical (unpaired) electrons. The molecule has 2 atom stereocenters. The maximum Gasteiger partial charge on any atom is 0.275 e. The third-order valence-corrected chi connectivity index (χ3v) is 4.84. The number of aromatic nitrogens is 3. The molecule has 1 saturated heterocycles. The molecule has 2 heterocycles. The van der Waals surface area contributed by atoms with E-state index >= 15 is 0 Å². The molecule has 1 aliphatic rings. The molecular weight excluding hydrogens is 398 g/mol. The average Bonchev–Trinajstić information content (AvgIpc) is 3.07. The molecule has 2 amide bonds. The summed E-state index contributed by atoms with van der Waals surface area (Å²) in [6.45, 7) is 6.24. The zero-order valence-corrected chi connectivity index (χ0v) is 17.4. The molecular formula is C19H26ClN5O4. The van der Waals surface area contributed by atoms with Crippen LogP contribution in [0.4, 0.5) is 0 Å². The van der Waals surface area contributed by atoms with Crippen LogP contribution in [0.15, 0.2) is 24.5 Å². The van der Waals surface area contributed by atoms with Gasteiger partial charge in [-0.25, -0.2) is 15.0 Å². The fraction of sp³-hybridized carbons (Fsp3) is 0.526. The van der Waals surface area contributed by atoms with Gasteiger partial charge < -0.3 is 10.4 Å². The van der Waals surface area contributed by atoms with Crippen LogP contribution in [0, 0.1) is 5.41 Å². The Balaban J connectivity index is 1.65. The Morgan fingerprint density at radius 3 is 2.79 bits per heavy atom. The molecule has 3 N–H and O–H groups in total. The first-order valence-corrected chi connectivity index (χ1v) is 9.82. The van der Waals surface area contributed by atoms with E-state index < -0.39 is 18.1 Å². The van der Waals surface area contributed by atoms with Gasteiger partial charge in [0.05, 0.1) is 12.3 Å². The Kier molecular flexibility index (Phi) is 6.30. The van der Waals surface area contributed by atoms with E-state index in [4.69, 9.17) is 16.4 Å². The number of carbonyl (C=O) groups is 2. The summed E-state index contributed by atoms with van der Waals surface area (Å²) in [6.07, 6.45) is 1.02. The standard InChI is InChI=1S/C19H26ClN5O4/c1-19(2,3)9-16(26)18(28)25-15(6-7-29-25)17(27)21-10-12-8-13(20)4-5-14(12)24-11-22-23-24/h4-5,8,11,15-16,23,26H,6-7,9-10H2,1-3H3,(H,21,27)/t15-,16?/m0/s1. The summed E-state index contributed by atoms with van der Waals surface area (Å²) >= 11 is 6.09. The van der Waals surface area contributed by atoms with Crippen molar-refractivity contribution in [2.75, 3.05) is 6.61 Å². The highest BCUT2D eigenvalue weighted by atomic mass is 35.5. The van der Waals surface area contributed by atoms with Crippen LogP contribution in [0.5, 0.6) is 0 Å². The number of nitrogens with one attached hydrogen (secondary N) is 2. The van der Waals surface area contributed by atoms with Gasteiger partial charge >= 0.3 is 0 Å². The monoisotopic (exact) mass is 423 g/mol. The number of amides is 2. The Morgan fingerprint density at radius 2 is 2.17 bits per heavy atom. The van der Waals surface area contributed by atoms with Crippen LogP contribution >= 0.6 is 11.6 Å². The number of carbonyl (C=O) groups excluding carboxylic acids is 2. The van der Waals surface area contributed by atoms with Gasteiger partial charge in [0, 0.05) is 18.0 Å². The number of hydroxylamine groups is 2.